The predicted octanol–water partition coefficient (Wildman–Crippen LogP) is 1.90. The summed E-state index contributed by atoms with van der Waals surface area (Å²) in [6.45, 7) is 4.43. The first-order chi connectivity index (χ1) is 8.54. The largest absolute Gasteiger partial charge is 0.476 e. The Labute approximate surface area is 109 Å². The number of thiazole rings is 1. The number of rotatable bonds is 7. The zero-order valence-corrected chi connectivity index (χ0v) is 11.2. The molecule has 0 aliphatic rings. The van der Waals surface area contributed by atoms with Crippen LogP contribution in [0.3, 0.4) is 0 Å². The number of nitrogens with zero attached hydrogens (tertiary/aromatic N) is 1. The van der Waals surface area contributed by atoms with E-state index in [4.69, 9.17) is 9.84 Å². The lowest BCUT2D eigenvalue weighted by atomic mass is 10.3. The van der Waals surface area contributed by atoms with E-state index < -0.39 is 5.97 Å². The molecule has 0 unspecified atom stereocenters. The quantitative estimate of drug-likeness (QED) is 0.582. The lowest BCUT2D eigenvalue weighted by Gasteiger charge is -2.02. The smallest absolute Gasteiger partial charge is 0.355 e. The first-order valence-electron chi connectivity index (χ1n) is 5.64. The van der Waals surface area contributed by atoms with Gasteiger partial charge in [0.15, 0.2) is 10.8 Å². The second-order valence-electron chi connectivity index (χ2n) is 3.56. The number of esters is 1. The zero-order valence-electron chi connectivity index (χ0n) is 10.4. The highest BCUT2D eigenvalue weighted by Gasteiger charge is 2.13. The van der Waals surface area contributed by atoms with Crippen LogP contribution in [0.4, 0.5) is 5.13 Å². The van der Waals surface area contributed by atoms with Crippen molar-refractivity contribution in [2.75, 3.05) is 18.5 Å². The summed E-state index contributed by atoms with van der Waals surface area (Å²) < 4.78 is 4.79. The number of carboxylic acid groups (broad SMARTS) is 1. The zero-order chi connectivity index (χ0) is 13.5. The third-order valence-electron chi connectivity index (χ3n) is 2.14. The minimum atomic E-state index is -1.02. The third-order valence-corrected chi connectivity index (χ3v) is 3.07. The number of aryl methyl sites for hydroxylation is 1. The fraction of sp³-hybridized carbons (Fsp3) is 0.545. The number of hydrogen-bond acceptors (Lipinski definition) is 6. The summed E-state index contributed by atoms with van der Waals surface area (Å²) in [5.41, 5.74) is 0.0768. The van der Waals surface area contributed by atoms with Gasteiger partial charge in [0.25, 0.3) is 0 Å². The summed E-state index contributed by atoms with van der Waals surface area (Å²) in [5, 5.41) is 12.4. The second-order valence-corrected chi connectivity index (χ2v) is 4.77. The van der Waals surface area contributed by atoms with Gasteiger partial charge in [-0.1, -0.05) is 0 Å². The molecule has 100 valence electrons. The van der Waals surface area contributed by atoms with E-state index in [-0.39, 0.29) is 11.7 Å². The molecule has 18 heavy (non-hydrogen) atoms. The first kappa shape index (κ1) is 14.4. The van der Waals surface area contributed by atoms with Gasteiger partial charge in [-0.2, -0.15) is 0 Å². The topological polar surface area (TPSA) is 88.5 Å². The lowest BCUT2D eigenvalue weighted by molar-refractivity contribution is -0.143. The maximum absolute atomic E-state index is 11.1. The maximum atomic E-state index is 11.1. The molecule has 0 aromatic carbocycles. The summed E-state index contributed by atoms with van der Waals surface area (Å²) in [5.74, 6) is -1.25. The fourth-order valence-electron chi connectivity index (χ4n) is 1.33. The van der Waals surface area contributed by atoms with Crippen LogP contribution in [0.15, 0.2) is 0 Å². The van der Waals surface area contributed by atoms with Gasteiger partial charge in [-0.3, -0.25) is 4.79 Å². The van der Waals surface area contributed by atoms with Crippen LogP contribution in [0.25, 0.3) is 0 Å². The van der Waals surface area contributed by atoms with Crippen molar-refractivity contribution in [2.45, 2.75) is 26.7 Å². The van der Waals surface area contributed by atoms with Crippen LogP contribution in [0, 0.1) is 6.92 Å². The number of ether oxygens (including phenoxy) is 1. The van der Waals surface area contributed by atoms with Crippen molar-refractivity contribution in [3.8, 4) is 0 Å². The molecule has 0 aliphatic heterocycles. The highest BCUT2D eigenvalue weighted by atomic mass is 32.1. The molecule has 0 aliphatic carbocycles. The van der Waals surface area contributed by atoms with Gasteiger partial charge in [0.2, 0.25) is 0 Å². The van der Waals surface area contributed by atoms with Gasteiger partial charge in [0, 0.05) is 17.8 Å². The molecule has 0 saturated carbocycles. The number of aromatic nitrogens is 1. The Morgan fingerprint density at radius 2 is 2.22 bits per heavy atom. The molecule has 6 nitrogen and oxygen atoms in total. The number of aromatic carboxylic acids is 1. The molecular formula is C11H16N2O4S. The average molecular weight is 272 g/mol. The molecule has 0 radical (unpaired) electrons. The highest BCUT2D eigenvalue weighted by Crippen LogP contribution is 2.21. The van der Waals surface area contributed by atoms with Gasteiger partial charge in [-0.25, -0.2) is 9.78 Å². The van der Waals surface area contributed by atoms with Crippen molar-refractivity contribution < 1.29 is 19.4 Å². The Morgan fingerprint density at radius 1 is 1.50 bits per heavy atom. The summed E-state index contributed by atoms with van der Waals surface area (Å²) in [6.07, 6.45) is 0.969. The van der Waals surface area contributed by atoms with Crippen LogP contribution in [-0.4, -0.2) is 35.2 Å². The standard InChI is InChI=1S/C11H16N2O4S/c1-3-17-8(14)5-4-6-12-11-13-9(10(15)16)7(2)18-11/h3-6H2,1-2H3,(H,12,13)(H,15,16). The van der Waals surface area contributed by atoms with Crippen molar-refractivity contribution >= 4 is 28.4 Å². The van der Waals surface area contributed by atoms with Crippen molar-refractivity contribution in [1.82, 2.24) is 4.98 Å². The first-order valence-corrected chi connectivity index (χ1v) is 6.46. The van der Waals surface area contributed by atoms with Crippen molar-refractivity contribution in [2.24, 2.45) is 0 Å². The molecular weight excluding hydrogens is 256 g/mol. The third kappa shape index (κ3) is 4.33. The van der Waals surface area contributed by atoms with Crippen LogP contribution in [0.2, 0.25) is 0 Å². The molecule has 0 amide bonds. The Balaban J connectivity index is 2.34. The van der Waals surface area contributed by atoms with Gasteiger partial charge >= 0.3 is 11.9 Å². The number of nitrogens with one attached hydrogen (secondary N) is 1. The van der Waals surface area contributed by atoms with E-state index >= 15 is 0 Å². The van der Waals surface area contributed by atoms with Gasteiger partial charge in [-0.15, -0.1) is 11.3 Å². The minimum Gasteiger partial charge on any atom is -0.476 e. The molecule has 0 fully saturated rings. The summed E-state index contributed by atoms with van der Waals surface area (Å²) >= 11 is 1.29. The van der Waals surface area contributed by atoms with E-state index in [2.05, 4.69) is 10.3 Å². The fourth-order valence-corrected chi connectivity index (χ4v) is 2.16. The monoisotopic (exact) mass is 272 g/mol. The molecule has 0 saturated heterocycles. The Kier molecular flexibility index (Phi) is 5.57. The average Bonchev–Trinajstić information content (AvgIpc) is 2.66. The molecule has 2 N–H and O–H groups in total. The van der Waals surface area contributed by atoms with Crippen LogP contribution in [0.5, 0.6) is 0 Å². The summed E-state index contributed by atoms with van der Waals surface area (Å²) in [6, 6.07) is 0. The van der Waals surface area contributed by atoms with Crippen LogP contribution >= 0.6 is 11.3 Å². The normalized spacial score (nSPS) is 10.1. The number of carboxylic acids is 1. The van der Waals surface area contributed by atoms with E-state index in [9.17, 15) is 9.59 Å². The van der Waals surface area contributed by atoms with Gasteiger partial charge in [0.1, 0.15) is 0 Å². The van der Waals surface area contributed by atoms with Crippen molar-refractivity contribution in [3.05, 3.63) is 10.6 Å². The van der Waals surface area contributed by atoms with E-state index in [1.54, 1.807) is 13.8 Å². The van der Waals surface area contributed by atoms with E-state index in [1.165, 1.54) is 11.3 Å². The number of hydrogen-bond donors (Lipinski definition) is 2. The molecule has 1 aromatic rings. The van der Waals surface area contributed by atoms with Gasteiger partial charge in [-0.05, 0) is 20.3 Å². The van der Waals surface area contributed by atoms with Gasteiger partial charge in [0.05, 0.1) is 6.61 Å². The van der Waals surface area contributed by atoms with Gasteiger partial charge < -0.3 is 15.2 Å². The number of carbonyl (C=O) groups excluding carboxylic acids is 1. The predicted molar refractivity (Wildman–Crippen MR) is 68.2 cm³/mol. The Hall–Kier alpha value is -1.63. The molecule has 0 atom stereocenters. The second kappa shape index (κ2) is 6.95. The van der Waals surface area contributed by atoms with Crippen molar-refractivity contribution in [3.63, 3.8) is 0 Å². The minimum absolute atomic E-state index is 0.0768. The molecule has 0 bridgehead atoms. The molecule has 0 spiro atoms. The Bertz CT molecular complexity index is 431. The lowest BCUT2D eigenvalue weighted by Crippen LogP contribution is -2.08. The highest BCUT2D eigenvalue weighted by molar-refractivity contribution is 7.15. The summed E-state index contributed by atoms with van der Waals surface area (Å²) in [7, 11) is 0. The summed E-state index contributed by atoms with van der Waals surface area (Å²) in [4.78, 5) is 26.5. The molecule has 1 rings (SSSR count). The van der Waals surface area contributed by atoms with Crippen molar-refractivity contribution in [1.29, 1.82) is 0 Å². The maximum Gasteiger partial charge on any atom is 0.355 e. The number of carbonyl (C=O) groups is 2. The van der Waals surface area contributed by atoms with Crippen LogP contribution < -0.4 is 5.32 Å². The Morgan fingerprint density at radius 3 is 2.78 bits per heavy atom. The SMILES string of the molecule is CCOC(=O)CCCNc1nc(C(=O)O)c(C)s1. The number of anilines is 1. The van der Waals surface area contributed by atoms with E-state index in [0.717, 1.165) is 0 Å². The molecule has 1 heterocycles. The van der Waals surface area contributed by atoms with E-state index in [0.29, 0.717) is 36.0 Å². The molecule has 1 aromatic heterocycles. The van der Waals surface area contributed by atoms with Crippen LogP contribution in [0.1, 0.15) is 35.1 Å². The van der Waals surface area contributed by atoms with Crippen LogP contribution in [-0.2, 0) is 9.53 Å². The van der Waals surface area contributed by atoms with E-state index in [1.807, 2.05) is 0 Å². The molecule has 7 heteroatoms.